The van der Waals surface area contributed by atoms with Crippen molar-refractivity contribution in [1.82, 2.24) is 4.98 Å². The third kappa shape index (κ3) is 4.04. The summed E-state index contributed by atoms with van der Waals surface area (Å²) in [6, 6.07) is 4.09. The number of aryl methyl sites for hydroxylation is 1. The van der Waals surface area contributed by atoms with Gasteiger partial charge in [0.25, 0.3) is 0 Å². The van der Waals surface area contributed by atoms with Crippen LogP contribution in [0.2, 0.25) is 0 Å². The fourth-order valence-corrected chi connectivity index (χ4v) is 4.02. The van der Waals surface area contributed by atoms with Crippen molar-refractivity contribution in [3.63, 3.8) is 0 Å². The van der Waals surface area contributed by atoms with Crippen LogP contribution in [0.3, 0.4) is 0 Å². The van der Waals surface area contributed by atoms with E-state index in [0.29, 0.717) is 13.2 Å². The van der Waals surface area contributed by atoms with Crippen molar-refractivity contribution in [3.8, 4) is 5.75 Å². The molecule has 0 atom stereocenters. The molecule has 0 fully saturated rings. The number of nitrogens with zero attached hydrogens (tertiary/aromatic N) is 1. The first-order valence-corrected chi connectivity index (χ1v) is 8.84. The average molecular weight is 420 g/mol. The second-order valence-corrected chi connectivity index (χ2v) is 6.95. The van der Waals surface area contributed by atoms with E-state index in [4.69, 9.17) is 10.5 Å². The number of hydrogen-bond donors (Lipinski definition) is 1. The van der Waals surface area contributed by atoms with E-state index in [2.05, 4.69) is 43.8 Å². The molecule has 0 spiro atoms. The molecule has 0 aliphatic heterocycles. The Bertz CT molecular complexity index is 563. The maximum atomic E-state index is 5.86. The molecular formula is C14H16Br2N2OS. The van der Waals surface area contributed by atoms with Gasteiger partial charge in [0.15, 0.2) is 0 Å². The lowest BCUT2D eigenvalue weighted by atomic mass is 10.1. The third-order valence-corrected chi connectivity index (χ3v) is 4.98. The van der Waals surface area contributed by atoms with Crippen molar-refractivity contribution < 1.29 is 4.74 Å². The molecule has 0 aliphatic rings. The number of aromatic nitrogens is 1. The van der Waals surface area contributed by atoms with Crippen LogP contribution in [-0.2, 0) is 19.4 Å². The van der Waals surface area contributed by atoms with Crippen LogP contribution in [0.4, 0.5) is 0 Å². The van der Waals surface area contributed by atoms with Gasteiger partial charge in [0.05, 0.1) is 19.6 Å². The number of ether oxygens (including phenoxy) is 1. The summed E-state index contributed by atoms with van der Waals surface area (Å²) in [5.74, 6) is 0.803. The van der Waals surface area contributed by atoms with Crippen LogP contribution >= 0.6 is 43.2 Å². The van der Waals surface area contributed by atoms with Gasteiger partial charge in [-0.25, -0.2) is 4.98 Å². The summed E-state index contributed by atoms with van der Waals surface area (Å²) in [5.41, 5.74) is 7.73. The van der Waals surface area contributed by atoms with E-state index in [9.17, 15) is 0 Å². The molecule has 3 nitrogen and oxygen atoms in total. The zero-order valence-corrected chi connectivity index (χ0v) is 15.1. The average Bonchev–Trinajstić information content (AvgIpc) is 2.86. The molecule has 0 amide bonds. The second-order valence-electron chi connectivity index (χ2n) is 4.30. The molecule has 0 unspecified atom stereocenters. The van der Waals surface area contributed by atoms with E-state index in [0.717, 1.165) is 38.2 Å². The van der Waals surface area contributed by atoms with E-state index in [1.807, 2.05) is 17.5 Å². The molecule has 2 rings (SSSR count). The number of benzene rings is 1. The van der Waals surface area contributed by atoms with Crippen LogP contribution in [0.5, 0.6) is 5.75 Å². The van der Waals surface area contributed by atoms with E-state index < -0.39 is 0 Å². The zero-order valence-electron chi connectivity index (χ0n) is 11.2. The summed E-state index contributed by atoms with van der Waals surface area (Å²) >= 11 is 8.77. The molecule has 2 aromatic rings. The molecule has 6 heteroatoms. The predicted octanol–water partition coefficient (Wildman–Crippen LogP) is 4.31. The SMILES string of the molecule is CCc1nc(COc2c(Br)cc(CCN)cc2Br)cs1. The van der Waals surface area contributed by atoms with Crippen molar-refractivity contribution in [2.45, 2.75) is 26.4 Å². The predicted molar refractivity (Wildman–Crippen MR) is 90.4 cm³/mol. The summed E-state index contributed by atoms with van der Waals surface area (Å²) in [5, 5.41) is 3.18. The summed E-state index contributed by atoms with van der Waals surface area (Å²) in [6.07, 6.45) is 1.81. The Morgan fingerprint density at radius 1 is 1.30 bits per heavy atom. The first-order chi connectivity index (χ1) is 9.63. The summed E-state index contributed by atoms with van der Waals surface area (Å²) < 4.78 is 7.73. The molecule has 1 aromatic heterocycles. The topological polar surface area (TPSA) is 48.1 Å². The van der Waals surface area contributed by atoms with Gasteiger partial charge in [-0.3, -0.25) is 0 Å². The Balaban J connectivity index is 2.09. The lowest BCUT2D eigenvalue weighted by Gasteiger charge is -2.11. The van der Waals surface area contributed by atoms with Gasteiger partial charge in [0.2, 0.25) is 0 Å². The van der Waals surface area contributed by atoms with Crippen LogP contribution in [-0.4, -0.2) is 11.5 Å². The Labute approximate surface area is 139 Å². The smallest absolute Gasteiger partial charge is 0.148 e. The lowest BCUT2D eigenvalue weighted by Crippen LogP contribution is -2.03. The first-order valence-electron chi connectivity index (χ1n) is 6.38. The standard InChI is InChI=1S/C14H16Br2N2OS/c1-2-13-18-10(8-20-13)7-19-14-11(15)5-9(3-4-17)6-12(14)16/h5-6,8H,2-4,7,17H2,1H3. The fraction of sp³-hybridized carbons (Fsp3) is 0.357. The van der Waals surface area contributed by atoms with Crippen LogP contribution in [0, 0.1) is 0 Å². The zero-order chi connectivity index (χ0) is 14.5. The van der Waals surface area contributed by atoms with Crippen molar-refractivity contribution in [1.29, 1.82) is 0 Å². The van der Waals surface area contributed by atoms with Crippen molar-refractivity contribution in [2.75, 3.05) is 6.54 Å². The van der Waals surface area contributed by atoms with Crippen LogP contribution in [0.25, 0.3) is 0 Å². The highest BCUT2D eigenvalue weighted by Crippen LogP contribution is 2.35. The number of rotatable bonds is 6. The maximum Gasteiger partial charge on any atom is 0.148 e. The van der Waals surface area contributed by atoms with Crippen LogP contribution < -0.4 is 10.5 Å². The van der Waals surface area contributed by atoms with Gasteiger partial charge in [-0.05, 0) is 68.9 Å². The lowest BCUT2D eigenvalue weighted by molar-refractivity contribution is 0.298. The van der Waals surface area contributed by atoms with Gasteiger partial charge in [0, 0.05) is 5.38 Å². The second kappa shape index (κ2) is 7.54. The van der Waals surface area contributed by atoms with Gasteiger partial charge >= 0.3 is 0 Å². The van der Waals surface area contributed by atoms with Crippen molar-refractivity contribution in [2.24, 2.45) is 5.73 Å². The van der Waals surface area contributed by atoms with E-state index >= 15 is 0 Å². The fourth-order valence-electron chi connectivity index (χ4n) is 1.78. The monoisotopic (exact) mass is 418 g/mol. The summed E-state index contributed by atoms with van der Waals surface area (Å²) in [4.78, 5) is 4.50. The first kappa shape index (κ1) is 15.9. The van der Waals surface area contributed by atoms with Crippen LogP contribution in [0.15, 0.2) is 26.5 Å². The number of thiazole rings is 1. The van der Waals surface area contributed by atoms with Crippen LogP contribution in [0.1, 0.15) is 23.2 Å². The Hall–Kier alpha value is -0.430. The molecule has 108 valence electrons. The van der Waals surface area contributed by atoms with E-state index in [1.54, 1.807) is 11.3 Å². The minimum Gasteiger partial charge on any atom is -0.485 e. The van der Waals surface area contributed by atoms with Gasteiger partial charge in [-0.15, -0.1) is 11.3 Å². The van der Waals surface area contributed by atoms with Gasteiger partial charge in [-0.2, -0.15) is 0 Å². The molecule has 0 radical (unpaired) electrons. The van der Waals surface area contributed by atoms with Gasteiger partial charge < -0.3 is 10.5 Å². The van der Waals surface area contributed by atoms with Crippen molar-refractivity contribution in [3.05, 3.63) is 42.7 Å². The van der Waals surface area contributed by atoms with Crippen molar-refractivity contribution >= 4 is 43.2 Å². The maximum absolute atomic E-state index is 5.86. The number of halogens is 2. The molecule has 20 heavy (non-hydrogen) atoms. The molecule has 2 N–H and O–H groups in total. The summed E-state index contributed by atoms with van der Waals surface area (Å²) in [6.45, 7) is 3.22. The minimum absolute atomic E-state index is 0.476. The normalized spacial score (nSPS) is 10.8. The Kier molecular flexibility index (Phi) is 6.01. The minimum atomic E-state index is 0.476. The Morgan fingerprint density at radius 3 is 2.55 bits per heavy atom. The highest BCUT2D eigenvalue weighted by molar-refractivity contribution is 9.11. The Morgan fingerprint density at radius 2 is 2.00 bits per heavy atom. The molecule has 1 aromatic carbocycles. The quantitative estimate of drug-likeness (QED) is 0.758. The molecule has 0 saturated carbocycles. The van der Waals surface area contributed by atoms with Gasteiger partial charge in [0.1, 0.15) is 12.4 Å². The molecule has 0 bridgehead atoms. The third-order valence-electron chi connectivity index (χ3n) is 2.76. The number of hydrogen-bond acceptors (Lipinski definition) is 4. The summed E-state index contributed by atoms with van der Waals surface area (Å²) in [7, 11) is 0. The van der Waals surface area contributed by atoms with E-state index in [-0.39, 0.29) is 0 Å². The molecule has 0 saturated heterocycles. The number of nitrogens with two attached hydrogens (primary N) is 1. The molecule has 1 heterocycles. The highest BCUT2D eigenvalue weighted by atomic mass is 79.9. The highest BCUT2D eigenvalue weighted by Gasteiger charge is 2.10. The largest absolute Gasteiger partial charge is 0.485 e. The molecular weight excluding hydrogens is 404 g/mol. The van der Waals surface area contributed by atoms with Gasteiger partial charge in [-0.1, -0.05) is 6.92 Å². The molecule has 0 aliphatic carbocycles. The van der Waals surface area contributed by atoms with E-state index in [1.165, 1.54) is 5.56 Å².